The Morgan fingerprint density at radius 2 is 2.20 bits per heavy atom. The average Bonchev–Trinajstić information content (AvgIpc) is 2.58. The van der Waals surface area contributed by atoms with E-state index in [4.69, 9.17) is 4.74 Å². The van der Waals surface area contributed by atoms with Gasteiger partial charge in [-0.25, -0.2) is 4.79 Å². The van der Waals surface area contributed by atoms with Crippen molar-refractivity contribution >= 4 is 13.4 Å². The van der Waals surface area contributed by atoms with Gasteiger partial charge in [-0.2, -0.15) is 0 Å². The molecule has 2 heterocycles. The molecule has 0 N–H and O–H groups in total. The van der Waals surface area contributed by atoms with E-state index in [9.17, 15) is 4.79 Å². The maximum absolute atomic E-state index is 11.5. The molecule has 2 saturated heterocycles. The number of amides is 1. The molecule has 0 aromatic heterocycles. The van der Waals surface area contributed by atoms with E-state index in [1.807, 2.05) is 7.05 Å². The van der Waals surface area contributed by atoms with Crippen LogP contribution in [-0.2, 0) is 4.74 Å². The van der Waals surface area contributed by atoms with Crippen molar-refractivity contribution in [2.75, 3.05) is 7.05 Å². The number of rotatable bonds is 0. The molecular weight excluding hydrogens is 189 g/mol. The maximum atomic E-state index is 11.5. The van der Waals surface area contributed by atoms with Gasteiger partial charge in [-0.15, -0.1) is 0 Å². The second-order valence-electron chi connectivity index (χ2n) is 5.82. The van der Waals surface area contributed by atoms with Crippen molar-refractivity contribution in [1.29, 1.82) is 0 Å². The Balaban J connectivity index is 1.85. The van der Waals surface area contributed by atoms with E-state index in [1.54, 1.807) is 4.90 Å². The summed E-state index contributed by atoms with van der Waals surface area (Å²) in [5.74, 6) is 0. The zero-order chi connectivity index (χ0) is 10.8. The minimum atomic E-state index is -0.141. The lowest BCUT2D eigenvalue weighted by Crippen LogP contribution is -2.33. The molecule has 1 amide bonds. The number of carbonyl (C=O) groups is 1. The Hall–Kier alpha value is -0.665. The predicted molar refractivity (Wildman–Crippen MR) is 58.2 cm³/mol. The first kappa shape index (κ1) is 9.55. The van der Waals surface area contributed by atoms with Crippen LogP contribution in [0.25, 0.3) is 0 Å². The number of carbonyl (C=O) groups excluding carboxylic acids is 1. The molecule has 1 saturated carbocycles. The van der Waals surface area contributed by atoms with Crippen molar-refractivity contribution in [3.05, 3.63) is 0 Å². The van der Waals surface area contributed by atoms with Gasteiger partial charge in [0, 0.05) is 7.05 Å². The molecule has 0 aromatic rings. The van der Waals surface area contributed by atoms with Gasteiger partial charge in [-0.05, 0) is 12.8 Å². The van der Waals surface area contributed by atoms with Gasteiger partial charge in [0.15, 0.2) is 0 Å². The van der Waals surface area contributed by atoms with Gasteiger partial charge in [0.25, 0.3) is 0 Å². The van der Waals surface area contributed by atoms with Gasteiger partial charge in [-0.3, -0.25) is 0 Å². The van der Waals surface area contributed by atoms with Crippen molar-refractivity contribution in [1.82, 2.24) is 4.90 Å². The van der Waals surface area contributed by atoms with Crippen LogP contribution in [0.15, 0.2) is 0 Å². The molecule has 3 rings (SSSR count). The minimum Gasteiger partial charge on any atom is -0.444 e. The van der Waals surface area contributed by atoms with Gasteiger partial charge in [0.1, 0.15) is 13.4 Å². The third-order valence-corrected chi connectivity index (χ3v) is 4.91. The second kappa shape index (κ2) is 2.53. The summed E-state index contributed by atoms with van der Waals surface area (Å²) in [7, 11) is 4.29. The molecule has 15 heavy (non-hydrogen) atoms. The molecule has 81 valence electrons. The van der Waals surface area contributed by atoms with Gasteiger partial charge < -0.3 is 9.64 Å². The molecule has 4 atom stereocenters. The Kier molecular flexibility index (Phi) is 1.61. The molecule has 1 radical (unpaired) electrons. The largest absolute Gasteiger partial charge is 0.444 e. The highest BCUT2D eigenvalue weighted by molar-refractivity contribution is 6.59. The highest BCUT2D eigenvalue weighted by Gasteiger charge is 2.64. The normalized spacial score (nSPS) is 52.5. The van der Waals surface area contributed by atoms with Gasteiger partial charge in [0.05, 0.1) is 6.04 Å². The van der Waals surface area contributed by atoms with E-state index in [1.165, 1.54) is 6.42 Å². The summed E-state index contributed by atoms with van der Waals surface area (Å²) in [6.07, 6.45) is 3.25. The smallest absolute Gasteiger partial charge is 0.410 e. The average molecular weight is 206 g/mol. The Bertz CT molecular complexity index is 335. The van der Waals surface area contributed by atoms with Crippen LogP contribution in [0, 0.1) is 0 Å². The summed E-state index contributed by atoms with van der Waals surface area (Å²) in [5.41, 5.74) is 0. The molecule has 3 nitrogen and oxygen atoms in total. The topological polar surface area (TPSA) is 29.5 Å². The first-order chi connectivity index (χ1) is 6.95. The van der Waals surface area contributed by atoms with E-state index in [0.29, 0.717) is 16.7 Å². The van der Waals surface area contributed by atoms with Gasteiger partial charge in [-0.1, -0.05) is 30.9 Å². The fraction of sp³-hybridized carbons (Fsp3) is 0.909. The summed E-state index contributed by atoms with van der Waals surface area (Å²) in [6.45, 7) is 4.62. The molecule has 0 spiro atoms. The maximum Gasteiger partial charge on any atom is 0.410 e. The van der Waals surface area contributed by atoms with Crippen LogP contribution in [0.5, 0.6) is 0 Å². The first-order valence-corrected chi connectivity index (χ1v) is 5.76. The van der Waals surface area contributed by atoms with Crippen LogP contribution in [0.3, 0.4) is 0 Å². The molecule has 0 bridgehead atoms. The predicted octanol–water partition coefficient (Wildman–Crippen LogP) is 2.06. The summed E-state index contributed by atoms with van der Waals surface area (Å²) in [4.78, 5) is 13.2. The van der Waals surface area contributed by atoms with Crippen LogP contribution in [0.2, 0.25) is 10.6 Å². The molecule has 4 heteroatoms. The lowest BCUT2D eigenvalue weighted by Gasteiger charge is -2.20. The van der Waals surface area contributed by atoms with E-state index in [2.05, 4.69) is 21.1 Å². The van der Waals surface area contributed by atoms with Crippen LogP contribution >= 0.6 is 0 Å². The number of hydrogen-bond donors (Lipinski definition) is 0. The first-order valence-electron chi connectivity index (χ1n) is 5.76. The Labute approximate surface area is 91.4 Å². The van der Waals surface area contributed by atoms with Crippen molar-refractivity contribution in [3.8, 4) is 0 Å². The van der Waals surface area contributed by atoms with Gasteiger partial charge in [0.2, 0.25) is 0 Å². The zero-order valence-electron chi connectivity index (χ0n) is 9.62. The lowest BCUT2D eigenvalue weighted by atomic mass is 9.80. The summed E-state index contributed by atoms with van der Waals surface area (Å²) in [5, 5.41) is 0.697. The Morgan fingerprint density at radius 1 is 1.47 bits per heavy atom. The van der Waals surface area contributed by atoms with E-state index < -0.39 is 0 Å². The number of fused-ring (bicyclic) bond motifs is 2. The van der Waals surface area contributed by atoms with Crippen LogP contribution in [-0.4, -0.2) is 37.5 Å². The highest BCUT2D eigenvalue weighted by atomic mass is 16.6. The molecule has 4 unspecified atom stereocenters. The summed E-state index contributed by atoms with van der Waals surface area (Å²) < 4.78 is 5.43. The summed E-state index contributed by atoms with van der Waals surface area (Å²) >= 11 is 0. The number of likely N-dealkylation sites (N-methyl/N-ethyl adjacent to an activating group) is 1. The van der Waals surface area contributed by atoms with E-state index in [0.717, 1.165) is 12.8 Å². The molecular formula is C11H17BNO2. The SMILES string of the molecule is CN1C(=O)OC2CC3(C)[B]C3(C)CCC21. The third kappa shape index (κ3) is 1.11. The van der Waals surface area contributed by atoms with Crippen LogP contribution in [0.4, 0.5) is 4.79 Å². The van der Waals surface area contributed by atoms with Crippen molar-refractivity contribution in [2.24, 2.45) is 0 Å². The molecule has 3 aliphatic rings. The monoisotopic (exact) mass is 206 g/mol. The minimum absolute atomic E-state index is 0.119. The van der Waals surface area contributed by atoms with Crippen molar-refractivity contribution < 1.29 is 9.53 Å². The highest BCUT2D eigenvalue weighted by Crippen LogP contribution is 2.74. The van der Waals surface area contributed by atoms with Crippen LogP contribution in [0.1, 0.15) is 33.1 Å². The van der Waals surface area contributed by atoms with E-state index in [-0.39, 0.29) is 12.2 Å². The van der Waals surface area contributed by atoms with Crippen molar-refractivity contribution in [2.45, 2.75) is 55.9 Å². The fourth-order valence-corrected chi connectivity index (χ4v) is 3.42. The second-order valence-corrected chi connectivity index (χ2v) is 5.82. The number of nitrogens with zero attached hydrogens (tertiary/aromatic N) is 1. The molecule has 1 aliphatic carbocycles. The van der Waals surface area contributed by atoms with E-state index >= 15 is 0 Å². The standard InChI is InChI=1S/C11H17BNO2/c1-10-5-4-7-8(6-11(10,2)12-10)15-9(14)13(7)3/h7-8H,4-6H2,1-3H3. The molecule has 2 aliphatic heterocycles. The van der Waals surface area contributed by atoms with Crippen molar-refractivity contribution in [3.63, 3.8) is 0 Å². The number of ether oxygens (including phenoxy) is 1. The molecule has 3 fully saturated rings. The lowest BCUT2D eigenvalue weighted by molar-refractivity contribution is 0.122. The summed E-state index contributed by atoms with van der Waals surface area (Å²) in [6, 6.07) is 0.312. The Morgan fingerprint density at radius 3 is 2.93 bits per heavy atom. The zero-order valence-corrected chi connectivity index (χ0v) is 9.62. The number of hydrogen-bond acceptors (Lipinski definition) is 2. The third-order valence-electron chi connectivity index (χ3n) is 4.91. The van der Waals surface area contributed by atoms with Gasteiger partial charge >= 0.3 is 6.09 Å². The fourth-order valence-electron chi connectivity index (χ4n) is 3.42. The quantitative estimate of drug-likeness (QED) is 0.567. The van der Waals surface area contributed by atoms with Crippen LogP contribution < -0.4 is 0 Å². The molecule has 0 aromatic carbocycles.